The normalized spacial score (nSPS) is 19.7. The van der Waals surface area contributed by atoms with Crippen molar-refractivity contribution in [3.05, 3.63) is 227 Å². The largest absolute Gasteiger partial charge is 0.509 e. The minimum absolute atomic E-state index is 0. The van der Waals surface area contributed by atoms with Crippen molar-refractivity contribution in [3.63, 3.8) is 0 Å². The summed E-state index contributed by atoms with van der Waals surface area (Å²) in [5.74, 6) is 3.89. The minimum Gasteiger partial charge on any atom is -0.509 e. The molecule has 6 aromatic carbocycles. The number of pyridine rings is 1. The van der Waals surface area contributed by atoms with E-state index in [1.165, 1.54) is 5.56 Å². The van der Waals surface area contributed by atoms with Crippen LogP contribution in [0.2, 0.25) is 0 Å². The molecule has 78 heavy (non-hydrogen) atoms. The molecular formula is C70H69BN5OPt-3. The summed E-state index contributed by atoms with van der Waals surface area (Å²) in [6.07, 6.45) is 13.2. The van der Waals surface area contributed by atoms with Gasteiger partial charge in [0.2, 0.25) is 0 Å². The maximum absolute atomic E-state index is 10.3. The van der Waals surface area contributed by atoms with Gasteiger partial charge in [-0.05, 0) is 169 Å². The fourth-order valence-electron chi connectivity index (χ4n) is 12.3. The average molecular weight is 1210 g/mol. The van der Waals surface area contributed by atoms with E-state index in [1.807, 2.05) is 79.9 Å². The van der Waals surface area contributed by atoms with Gasteiger partial charge in [0.25, 0.3) is 0 Å². The third-order valence-corrected chi connectivity index (χ3v) is 17.2. The molecule has 0 N–H and O–H groups in total. The third-order valence-electron chi connectivity index (χ3n) is 17.2. The fraction of sp³-hybridized carbons (Fsp3) is 0.286. The summed E-state index contributed by atoms with van der Waals surface area (Å²) < 4.78 is 68.2. The van der Waals surface area contributed by atoms with Crippen molar-refractivity contribution in [2.24, 2.45) is 0 Å². The van der Waals surface area contributed by atoms with Crippen molar-refractivity contribution < 1.29 is 34.0 Å². The summed E-state index contributed by atoms with van der Waals surface area (Å²) in [6, 6.07) is 38.7. The number of hydrogen-bond acceptors (Lipinski definition) is 5. The maximum Gasteiger partial charge on any atom is 0.335 e. The first-order valence-electron chi connectivity index (χ1n) is 30.3. The van der Waals surface area contributed by atoms with Crippen LogP contribution in [0.4, 0.5) is 17.1 Å². The zero-order chi connectivity index (χ0) is 58.6. The molecule has 8 aromatic rings. The number of para-hydroxylation sites is 3. The third kappa shape index (κ3) is 8.71. The summed E-state index contributed by atoms with van der Waals surface area (Å²) in [6.45, 7) is 25.2. The Labute approximate surface area is 486 Å². The van der Waals surface area contributed by atoms with E-state index in [0.29, 0.717) is 39.5 Å². The number of rotatable bonds is 7. The molecule has 0 saturated heterocycles. The van der Waals surface area contributed by atoms with Crippen LogP contribution in [0.5, 0.6) is 11.5 Å². The second kappa shape index (κ2) is 18.7. The Morgan fingerprint density at radius 1 is 0.641 bits per heavy atom. The molecule has 0 spiro atoms. The molecule has 0 bridgehead atoms. The van der Waals surface area contributed by atoms with Crippen molar-refractivity contribution in [1.82, 2.24) is 14.4 Å². The van der Waals surface area contributed by atoms with Gasteiger partial charge in [0, 0.05) is 55.7 Å². The van der Waals surface area contributed by atoms with Crippen molar-refractivity contribution in [2.45, 2.75) is 129 Å². The second-order valence-electron chi connectivity index (χ2n) is 25.4. The SMILES string of the molecule is [2H]c1c([2H])c2c(c([2H])c1C1=CB3C(N4[CH-]N(c5[c-]c(Oc6[c-]c7c(cc6)c6ccccc6n7-c6cc(C(C)(C)C)ccn6)ccc5)c5ccccc54)=C(c4c([2H])c([2H])c5c(c4[2H])C(C)(C)CCC5(C)C)C=CN3C=C1)C(C)(C)CCC2(C)C.[Pt]. The Balaban J connectivity index is 0.00000694. The first-order chi connectivity index (χ1) is 39.3. The average Bonchev–Trinajstić information content (AvgIpc) is 0.968. The molecule has 6 nitrogen and oxygen atoms in total. The van der Waals surface area contributed by atoms with Crippen LogP contribution in [-0.4, -0.2) is 21.2 Å². The summed E-state index contributed by atoms with van der Waals surface area (Å²) in [5.41, 5.74) is 9.85. The van der Waals surface area contributed by atoms with Crippen LogP contribution in [-0.2, 0) is 48.1 Å². The maximum atomic E-state index is 10.3. The zero-order valence-electron chi connectivity index (χ0n) is 52.6. The molecule has 2 aliphatic carbocycles. The van der Waals surface area contributed by atoms with E-state index in [0.717, 1.165) is 92.5 Å². The van der Waals surface area contributed by atoms with E-state index in [2.05, 4.69) is 162 Å². The molecule has 0 saturated carbocycles. The second-order valence-corrected chi connectivity index (χ2v) is 25.4. The number of ether oxygens (including phenoxy) is 1. The molecule has 0 amide bonds. The summed E-state index contributed by atoms with van der Waals surface area (Å²) in [5, 5.41) is 2.13. The van der Waals surface area contributed by atoms with E-state index in [1.54, 1.807) is 0 Å². The molecule has 8 heteroatoms. The molecule has 13 rings (SSSR count). The first kappa shape index (κ1) is 45.1. The number of fused-ring (bicyclic) bond motifs is 7. The molecule has 0 atom stereocenters. The van der Waals surface area contributed by atoms with Gasteiger partial charge >= 0.3 is 6.85 Å². The van der Waals surface area contributed by atoms with Crippen LogP contribution in [0.3, 0.4) is 0 Å². The van der Waals surface area contributed by atoms with Gasteiger partial charge in [-0.2, -0.15) is 12.1 Å². The number of hydrogen-bond donors (Lipinski definition) is 0. The summed E-state index contributed by atoms with van der Waals surface area (Å²) in [7, 11) is 0. The van der Waals surface area contributed by atoms with E-state index in [9.17, 15) is 8.22 Å². The molecule has 2 aromatic heterocycles. The molecule has 396 valence electrons. The molecule has 5 heterocycles. The van der Waals surface area contributed by atoms with Crippen LogP contribution in [0.25, 0.3) is 38.8 Å². The number of benzene rings is 6. The van der Waals surface area contributed by atoms with Gasteiger partial charge < -0.3 is 23.9 Å². The quantitative estimate of drug-likeness (QED) is 0.117. The van der Waals surface area contributed by atoms with E-state index in [4.69, 9.17) is 9.72 Å². The van der Waals surface area contributed by atoms with Crippen LogP contribution in [0, 0.1) is 18.8 Å². The Kier molecular flexibility index (Phi) is 10.8. The zero-order valence-corrected chi connectivity index (χ0v) is 48.8. The van der Waals surface area contributed by atoms with Crippen LogP contribution in [0.1, 0.15) is 149 Å². The van der Waals surface area contributed by atoms with Gasteiger partial charge in [0.1, 0.15) is 5.82 Å². The predicted molar refractivity (Wildman–Crippen MR) is 321 cm³/mol. The number of aromatic nitrogens is 2. The molecule has 0 radical (unpaired) electrons. The molecular weight excluding hydrogens is 1130 g/mol. The van der Waals surface area contributed by atoms with Crippen LogP contribution < -0.4 is 14.5 Å². The molecule has 3 aliphatic heterocycles. The molecule has 5 aliphatic rings. The van der Waals surface area contributed by atoms with Crippen LogP contribution >= 0.6 is 0 Å². The van der Waals surface area contributed by atoms with E-state index >= 15 is 0 Å². The van der Waals surface area contributed by atoms with Crippen molar-refractivity contribution in [3.8, 4) is 17.3 Å². The van der Waals surface area contributed by atoms with Crippen molar-refractivity contribution in [1.29, 1.82) is 0 Å². The topological polar surface area (TPSA) is 36.8 Å². The minimum atomic E-state index is -0.591. The van der Waals surface area contributed by atoms with Crippen molar-refractivity contribution >= 4 is 56.9 Å². The Morgan fingerprint density at radius 3 is 1.96 bits per heavy atom. The number of anilines is 3. The fourth-order valence-corrected chi connectivity index (χ4v) is 12.3. The monoisotopic (exact) mass is 1210 g/mol. The number of allylic oxidation sites excluding steroid dienone is 4. The van der Waals surface area contributed by atoms with Gasteiger partial charge in [0.05, 0.1) is 8.22 Å². The van der Waals surface area contributed by atoms with Gasteiger partial charge in [-0.1, -0.05) is 154 Å². The van der Waals surface area contributed by atoms with Gasteiger partial charge in [-0.3, -0.25) is 0 Å². The Hall–Kier alpha value is -6.82. The van der Waals surface area contributed by atoms with Gasteiger partial charge in [0.15, 0.2) is 0 Å². The van der Waals surface area contributed by atoms with Crippen LogP contribution in [0.15, 0.2) is 170 Å². The van der Waals surface area contributed by atoms with Gasteiger partial charge in [-0.15, -0.1) is 48.1 Å². The van der Waals surface area contributed by atoms with Crippen molar-refractivity contribution in [2.75, 3.05) is 9.80 Å². The summed E-state index contributed by atoms with van der Waals surface area (Å²) >= 11 is 0. The first-order valence-corrected chi connectivity index (χ1v) is 27.3. The predicted octanol–water partition coefficient (Wildman–Crippen LogP) is 17.6. The smallest absolute Gasteiger partial charge is 0.335 e. The Bertz CT molecular complexity index is 4220. The standard InChI is InChI=1S/C70H69BN5O.Pt/c1-66(2,3)49-29-36-72-64(41-49)76-60-20-13-12-19-54(60)55-26-25-52(43-63(55)76)77-51-18-16-17-50(42-51)74-45-75(62-22-15-14-21-61(62)74)65-53(47-24-28-57-59(40-47)70(10,11)35-33-68(57,6)7)31-38-73-37-30-48(44-71(65)73)46-23-27-56-58(39-46)69(8,9)34-32-67(56,4)5;/h12-31,36-41,44-45H,32-35H2,1-11H3;/q-3;/i23D,24D,27D,28D,39D,40D;. The Morgan fingerprint density at radius 2 is 1.26 bits per heavy atom. The molecule has 0 fully saturated rings. The van der Waals surface area contributed by atoms with E-state index in [-0.39, 0.29) is 73.6 Å². The van der Waals surface area contributed by atoms with Gasteiger partial charge in [-0.25, -0.2) is 4.98 Å². The summed E-state index contributed by atoms with van der Waals surface area (Å²) in [4.78, 5) is 11.2. The van der Waals surface area contributed by atoms with E-state index < -0.39 is 17.7 Å². The number of nitrogens with zero attached hydrogens (tertiary/aromatic N) is 5. The molecule has 0 unspecified atom stereocenters.